The summed E-state index contributed by atoms with van der Waals surface area (Å²) in [7, 11) is 0. The first kappa shape index (κ1) is 12.9. The third kappa shape index (κ3) is 5.29. The van der Waals surface area contributed by atoms with E-state index < -0.39 is 0 Å². The second-order valence-corrected chi connectivity index (χ2v) is 4.89. The number of amides is 1. The molecule has 1 unspecified atom stereocenters. The summed E-state index contributed by atoms with van der Waals surface area (Å²) in [6, 6.07) is 0. The summed E-state index contributed by atoms with van der Waals surface area (Å²) in [6.45, 7) is 8.97. The van der Waals surface area contributed by atoms with Crippen LogP contribution in [0.1, 0.15) is 34.1 Å². The zero-order valence-electron chi connectivity index (χ0n) is 8.98. The van der Waals surface area contributed by atoms with E-state index in [0.29, 0.717) is 0 Å². The Bertz CT molecular complexity index is 168. The van der Waals surface area contributed by atoms with Crippen LogP contribution in [-0.4, -0.2) is 17.8 Å². The van der Waals surface area contributed by atoms with Crippen molar-refractivity contribution >= 4 is 21.8 Å². The summed E-state index contributed by atoms with van der Waals surface area (Å²) in [5.41, 5.74) is 0.142. The molecule has 1 N–H and O–H groups in total. The minimum absolute atomic E-state index is 0.131. The first-order valence-electron chi connectivity index (χ1n) is 4.76. The molecule has 0 fully saturated rings. The summed E-state index contributed by atoms with van der Waals surface area (Å²) in [5.74, 6) is 0.294. The van der Waals surface area contributed by atoms with E-state index in [-0.39, 0.29) is 17.2 Å². The van der Waals surface area contributed by atoms with E-state index in [1.54, 1.807) is 0 Å². The molecular weight excluding hydrogens is 230 g/mol. The van der Waals surface area contributed by atoms with Gasteiger partial charge in [-0.25, -0.2) is 0 Å². The quantitative estimate of drug-likeness (QED) is 0.746. The minimum Gasteiger partial charge on any atom is -0.355 e. The van der Waals surface area contributed by atoms with Crippen molar-refractivity contribution in [2.24, 2.45) is 11.3 Å². The van der Waals surface area contributed by atoms with Crippen molar-refractivity contribution in [3.8, 4) is 0 Å². The molecule has 0 aliphatic heterocycles. The molecule has 0 aromatic rings. The molecule has 78 valence electrons. The summed E-state index contributed by atoms with van der Waals surface area (Å²) in [6.07, 6.45) is 0.903. The van der Waals surface area contributed by atoms with Crippen molar-refractivity contribution in [3.05, 3.63) is 0 Å². The van der Waals surface area contributed by atoms with Gasteiger partial charge in [-0.2, -0.15) is 0 Å². The minimum atomic E-state index is 0.131. The molecule has 0 aliphatic rings. The summed E-state index contributed by atoms with van der Waals surface area (Å²) in [4.78, 5) is 11.4. The van der Waals surface area contributed by atoms with E-state index >= 15 is 0 Å². The topological polar surface area (TPSA) is 29.1 Å². The number of hydrogen-bond acceptors (Lipinski definition) is 1. The smallest absolute Gasteiger partial charge is 0.222 e. The fourth-order valence-electron chi connectivity index (χ4n) is 0.733. The maximum Gasteiger partial charge on any atom is 0.222 e. The highest BCUT2D eigenvalue weighted by molar-refractivity contribution is 9.09. The van der Waals surface area contributed by atoms with Gasteiger partial charge in [-0.15, -0.1) is 0 Å². The molecular formula is C10H20BrNO. The van der Waals surface area contributed by atoms with Crippen molar-refractivity contribution in [2.45, 2.75) is 34.1 Å². The van der Waals surface area contributed by atoms with Crippen LogP contribution in [0.25, 0.3) is 0 Å². The standard InChI is InChI=1S/C10H20BrNO/c1-5-8(2)9(13)12-7-10(3,4)6-11/h8H,5-7H2,1-4H3,(H,12,13). The Morgan fingerprint density at radius 1 is 1.54 bits per heavy atom. The molecule has 1 atom stereocenters. The van der Waals surface area contributed by atoms with Gasteiger partial charge in [0, 0.05) is 17.8 Å². The van der Waals surface area contributed by atoms with Crippen LogP contribution in [0, 0.1) is 11.3 Å². The van der Waals surface area contributed by atoms with Gasteiger partial charge in [-0.1, -0.05) is 43.6 Å². The Hall–Kier alpha value is -0.0500. The highest BCUT2D eigenvalue weighted by Crippen LogP contribution is 2.16. The lowest BCUT2D eigenvalue weighted by atomic mass is 9.96. The number of nitrogens with one attached hydrogen (secondary N) is 1. The second kappa shape index (κ2) is 5.63. The number of halogens is 1. The molecule has 1 amide bonds. The maximum absolute atomic E-state index is 11.4. The Morgan fingerprint density at radius 2 is 2.08 bits per heavy atom. The van der Waals surface area contributed by atoms with Crippen LogP contribution >= 0.6 is 15.9 Å². The predicted molar refractivity (Wildman–Crippen MR) is 60.0 cm³/mol. The number of hydrogen-bond donors (Lipinski definition) is 1. The van der Waals surface area contributed by atoms with Crippen molar-refractivity contribution in [2.75, 3.05) is 11.9 Å². The second-order valence-electron chi connectivity index (χ2n) is 4.32. The molecule has 0 heterocycles. The molecule has 0 aliphatic carbocycles. The van der Waals surface area contributed by atoms with Crippen LogP contribution in [0.4, 0.5) is 0 Å². The molecule has 0 aromatic carbocycles. The van der Waals surface area contributed by atoms with Gasteiger partial charge >= 0.3 is 0 Å². The molecule has 0 saturated carbocycles. The molecule has 0 radical (unpaired) electrons. The maximum atomic E-state index is 11.4. The molecule has 3 heteroatoms. The summed E-state index contributed by atoms with van der Waals surface area (Å²) in [5, 5.41) is 3.86. The fraction of sp³-hybridized carbons (Fsp3) is 0.900. The van der Waals surface area contributed by atoms with Gasteiger partial charge in [0.1, 0.15) is 0 Å². The van der Waals surface area contributed by atoms with Crippen LogP contribution in [0.3, 0.4) is 0 Å². The predicted octanol–water partition coefficient (Wildman–Crippen LogP) is 2.57. The van der Waals surface area contributed by atoms with E-state index in [2.05, 4.69) is 35.1 Å². The van der Waals surface area contributed by atoms with Crippen LogP contribution < -0.4 is 5.32 Å². The first-order chi connectivity index (χ1) is 5.93. The van der Waals surface area contributed by atoms with Gasteiger partial charge in [0.15, 0.2) is 0 Å². The van der Waals surface area contributed by atoms with Gasteiger partial charge in [0.05, 0.1) is 0 Å². The van der Waals surface area contributed by atoms with Crippen molar-refractivity contribution in [3.63, 3.8) is 0 Å². The van der Waals surface area contributed by atoms with Crippen LogP contribution in [0.15, 0.2) is 0 Å². The average Bonchev–Trinajstić information content (AvgIpc) is 2.13. The average molecular weight is 250 g/mol. The van der Waals surface area contributed by atoms with E-state index in [0.717, 1.165) is 18.3 Å². The lowest BCUT2D eigenvalue weighted by Crippen LogP contribution is -2.37. The first-order valence-corrected chi connectivity index (χ1v) is 5.88. The Balaban J connectivity index is 3.83. The Morgan fingerprint density at radius 3 is 2.46 bits per heavy atom. The molecule has 13 heavy (non-hydrogen) atoms. The van der Waals surface area contributed by atoms with Crippen molar-refractivity contribution in [1.29, 1.82) is 0 Å². The monoisotopic (exact) mass is 249 g/mol. The van der Waals surface area contributed by atoms with Crippen molar-refractivity contribution in [1.82, 2.24) is 5.32 Å². The zero-order chi connectivity index (χ0) is 10.5. The number of rotatable bonds is 5. The third-order valence-electron chi connectivity index (χ3n) is 2.16. The molecule has 0 bridgehead atoms. The van der Waals surface area contributed by atoms with Gasteiger partial charge in [-0.3, -0.25) is 4.79 Å². The Labute approximate surface area is 89.6 Å². The largest absolute Gasteiger partial charge is 0.355 e. The fourth-order valence-corrected chi connectivity index (χ4v) is 0.932. The molecule has 0 spiro atoms. The van der Waals surface area contributed by atoms with E-state index in [4.69, 9.17) is 0 Å². The van der Waals surface area contributed by atoms with Gasteiger partial charge in [0.2, 0.25) is 5.91 Å². The zero-order valence-corrected chi connectivity index (χ0v) is 10.6. The highest BCUT2D eigenvalue weighted by atomic mass is 79.9. The number of carbonyl (C=O) groups excluding carboxylic acids is 1. The van der Waals surface area contributed by atoms with E-state index in [9.17, 15) is 4.79 Å². The van der Waals surface area contributed by atoms with Crippen molar-refractivity contribution < 1.29 is 4.79 Å². The van der Waals surface area contributed by atoms with Crippen LogP contribution in [0.5, 0.6) is 0 Å². The summed E-state index contributed by atoms with van der Waals surface area (Å²) < 4.78 is 0. The molecule has 0 rings (SSSR count). The van der Waals surface area contributed by atoms with Crippen LogP contribution in [-0.2, 0) is 4.79 Å². The molecule has 0 saturated heterocycles. The lowest BCUT2D eigenvalue weighted by molar-refractivity contribution is -0.124. The highest BCUT2D eigenvalue weighted by Gasteiger charge is 2.18. The van der Waals surface area contributed by atoms with E-state index in [1.165, 1.54) is 0 Å². The number of carbonyl (C=O) groups is 1. The van der Waals surface area contributed by atoms with Crippen LogP contribution in [0.2, 0.25) is 0 Å². The van der Waals surface area contributed by atoms with E-state index in [1.807, 2.05) is 13.8 Å². The normalized spacial score (nSPS) is 13.9. The molecule has 2 nitrogen and oxygen atoms in total. The van der Waals surface area contributed by atoms with Gasteiger partial charge in [-0.05, 0) is 11.8 Å². The molecule has 0 aromatic heterocycles. The SMILES string of the molecule is CCC(C)C(=O)NCC(C)(C)CBr. The summed E-state index contributed by atoms with van der Waals surface area (Å²) >= 11 is 3.42. The Kier molecular flexibility index (Phi) is 5.61. The lowest BCUT2D eigenvalue weighted by Gasteiger charge is -2.22. The van der Waals surface area contributed by atoms with Gasteiger partial charge in [0.25, 0.3) is 0 Å². The third-order valence-corrected chi connectivity index (χ3v) is 3.68. The van der Waals surface area contributed by atoms with Gasteiger partial charge < -0.3 is 5.32 Å². The number of alkyl halides is 1.